The molecule has 0 amide bonds. The summed E-state index contributed by atoms with van der Waals surface area (Å²) in [7, 11) is 0.279. The number of nitrogens with zero attached hydrogens (tertiary/aromatic N) is 2. The van der Waals surface area contributed by atoms with Crippen molar-refractivity contribution in [1.29, 1.82) is 0 Å². The second-order valence-corrected chi connectivity index (χ2v) is 11.5. The zero-order valence-electron chi connectivity index (χ0n) is 15.6. The summed E-state index contributed by atoms with van der Waals surface area (Å²) in [6.07, 6.45) is 11.3. The Morgan fingerprint density at radius 1 is 1.08 bits per heavy atom. The minimum absolute atomic E-state index is 0.279. The van der Waals surface area contributed by atoms with Crippen LogP contribution in [0, 0.1) is 5.41 Å². The number of pyridine rings is 1. The number of rotatable bonds is 8. The molecule has 0 radical (unpaired) electrons. The molecule has 0 spiro atoms. The first-order valence-electron chi connectivity index (χ1n) is 9.93. The number of halogens is 1. The topological polar surface area (TPSA) is 41.6 Å². The molecule has 3 atom stereocenters. The number of H-pyrrole nitrogens is 1. The molecular weight excluding hydrogens is 393 g/mol. The van der Waals surface area contributed by atoms with Crippen LogP contribution in [0.3, 0.4) is 0 Å². The summed E-state index contributed by atoms with van der Waals surface area (Å²) in [4.78, 5) is 12.9. The maximum absolute atomic E-state index is 4.85. The van der Waals surface area contributed by atoms with Gasteiger partial charge in [-0.2, -0.15) is 0 Å². The Hall–Kier alpha value is -0.470. The molecule has 5 heteroatoms. The molecule has 0 aliphatic carbocycles. The van der Waals surface area contributed by atoms with E-state index in [1.54, 1.807) is 0 Å². The molecule has 1 N–H and O–H groups in total. The molecule has 3 aliphatic heterocycles. The predicted octanol–water partition coefficient (Wildman–Crippen LogP) is 6.26. The lowest BCUT2D eigenvalue weighted by Crippen LogP contribution is -2.74. The largest absolute Gasteiger partial charge is 0.341 e. The number of aromatic amines is 1. The second-order valence-electron chi connectivity index (χ2n) is 7.86. The van der Waals surface area contributed by atoms with Crippen molar-refractivity contribution in [2.24, 2.45) is 5.41 Å². The number of hydrogen-bond donors (Lipinski definition) is 1. The van der Waals surface area contributed by atoms with E-state index in [1.165, 1.54) is 44.3 Å². The molecular formula is C20H29BrN3P. The Kier molecular flexibility index (Phi) is 4.96. The molecule has 5 rings (SSSR count). The van der Waals surface area contributed by atoms with Gasteiger partial charge in [0.25, 0.3) is 0 Å². The van der Waals surface area contributed by atoms with Gasteiger partial charge in [-0.15, -0.1) is 0 Å². The van der Waals surface area contributed by atoms with Crippen LogP contribution in [-0.4, -0.2) is 31.9 Å². The fourth-order valence-corrected chi connectivity index (χ4v) is 11.2. The zero-order valence-corrected chi connectivity index (χ0v) is 18.0. The smallest absolute Gasteiger partial charge is 0.177 e. The molecule has 2 aromatic heterocycles. The van der Waals surface area contributed by atoms with Gasteiger partial charge < -0.3 is 4.98 Å². The van der Waals surface area contributed by atoms with E-state index in [9.17, 15) is 0 Å². The Labute approximate surface area is 160 Å². The van der Waals surface area contributed by atoms with Gasteiger partial charge in [0.05, 0.1) is 5.52 Å². The summed E-state index contributed by atoms with van der Waals surface area (Å²) < 4.78 is 1.01. The molecule has 3 saturated heterocycles. The molecule has 0 aromatic carbocycles. The van der Waals surface area contributed by atoms with Crippen LogP contribution < -0.4 is 0 Å². The van der Waals surface area contributed by atoms with Gasteiger partial charge in [0.15, 0.2) is 5.65 Å². The van der Waals surface area contributed by atoms with Gasteiger partial charge in [0.2, 0.25) is 0 Å². The van der Waals surface area contributed by atoms with Crippen molar-refractivity contribution < 1.29 is 0 Å². The van der Waals surface area contributed by atoms with Gasteiger partial charge >= 0.3 is 0 Å². The lowest BCUT2D eigenvalue weighted by Gasteiger charge is -2.80. The monoisotopic (exact) mass is 421 g/mol. The zero-order chi connectivity index (χ0) is 17.6. The first-order valence-corrected chi connectivity index (χ1v) is 12.3. The molecule has 136 valence electrons. The molecule has 3 aliphatic rings. The SMILES string of the molecule is CCCC1P2C(CCC)C1(Cc1nc3ncc(Br)cc3[nH]1)C2CCC. The number of fused-ring (bicyclic) bond motifs is 1. The van der Waals surface area contributed by atoms with Crippen molar-refractivity contribution in [3.63, 3.8) is 0 Å². The van der Waals surface area contributed by atoms with E-state index >= 15 is 0 Å². The maximum Gasteiger partial charge on any atom is 0.177 e. The molecule has 3 fully saturated rings. The van der Waals surface area contributed by atoms with Crippen LogP contribution in [0.1, 0.15) is 65.1 Å². The maximum atomic E-state index is 4.85. The normalized spacial score (nSPS) is 33.3. The van der Waals surface area contributed by atoms with Gasteiger partial charge in [0.1, 0.15) is 5.82 Å². The van der Waals surface area contributed by atoms with E-state index < -0.39 is 0 Å². The Morgan fingerprint density at radius 2 is 1.68 bits per heavy atom. The molecule has 2 bridgehead atoms. The van der Waals surface area contributed by atoms with E-state index in [0.717, 1.165) is 39.0 Å². The van der Waals surface area contributed by atoms with Crippen molar-refractivity contribution in [2.75, 3.05) is 0 Å². The highest BCUT2D eigenvalue weighted by Gasteiger charge is 2.76. The van der Waals surface area contributed by atoms with Crippen LogP contribution in [0.25, 0.3) is 11.2 Å². The third kappa shape index (κ3) is 2.62. The minimum atomic E-state index is 0.279. The van der Waals surface area contributed by atoms with Gasteiger partial charge in [-0.3, -0.25) is 0 Å². The fourth-order valence-electron chi connectivity index (χ4n) is 5.63. The van der Waals surface area contributed by atoms with Crippen molar-refractivity contribution >= 4 is 35.0 Å². The summed E-state index contributed by atoms with van der Waals surface area (Å²) >= 11 is 3.52. The Bertz CT molecular complexity index is 722. The fraction of sp³-hybridized carbons (Fsp3) is 0.700. The molecule has 0 saturated carbocycles. The van der Waals surface area contributed by atoms with Gasteiger partial charge in [0, 0.05) is 17.1 Å². The number of imidazole rings is 1. The van der Waals surface area contributed by atoms with E-state index in [1.807, 2.05) is 6.20 Å². The van der Waals surface area contributed by atoms with E-state index in [2.05, 4.69) is 52.7 Å². The lowest BCUT2D eigenvalue weighted by molar-refractivity contribution is 0.114. The molecule has 2 aromatic rings. The summed E-state index contributed by atoms with van der Waals surface area (Å²) in [5.74, 6) is 1.17. The van der Waals surface area contributed by atoms with E-state index in [4.69, 9.17) is 4.98 Å². The summed E-state index contributed by atoms with van der Waals surface area (Å²) in [6, 6.07) is 2.10. The highest BCUT2D eigenvalue weighted by atomic mass is 79.9. The van der Waals surface area contributed by atoms with E-state index in [0.29, 0.717) is 5.41 Å². The highest BCUT2D eigenvalue weighted by Crippen LogP contribution is 2.90. The number of nitrogens with one attached hydrogen (secondary N) is 1. The lowest BCUT2D eigenvalue weighted by atomic mass is 9.66. The quantitative estimate of drug-likeness (QED) is 0.510. The third-order valence-corrected chi connectivity index (χ3v) is 11.3. The average molecular weight is 422 g/mol. The van der Waals surface area contributed by atoms with Crippen LogP contribution in [0.15, 0.2) is 16.7 Å². The Balaban J connectivity index is 1.64. The van der Waals surface area contributed by atoms with Crippen LogP contribution in [0.4, 0.5) is 0 Å². The van der Waals surface area contributed by atoms with Crippen molar-refractivity contribution in [2.45, 2.75) is 82.7 Å². The molecule has 5 heterocycles. The first kappa shape index (κ1) is 17.9. The highest BCUT2D eigenvalue weighted by molar-refractivity contribution is 9.10. The van der Waals surface area contributed by atoms with E-state index in [-0.39, 0.29) is 7.92 Å². The van der Waals surface area contributed by atoms with Crippen molar-refractivity contribution in [1.82, 2.24) is 15.0 Å². The summed E-state index contributed by atoms with van der Waals surface area (Å²) in [5, 5.41) is 0. The first-order chi connectivity index (χ1) is 12.2. The molecule has 3 nitrogen and oxygen atoms in total. The predicted molar refractivity (Wildman–Crippen MR) is 111 cm³/mol. The van der Waals surface area contributed by atoms with Crippen LogP contribution in [0.5, 0.6) is 0 Å². The Morgan fingerprint density at radius 3 is 2.24 bits per heavy atom. The summed E-state index contributed by atoms with van der Waals surface area (Å²) in [6.45, 7) is 7.07. The van der Waals surface area contributed by atoms with Crippen molar-refractivity contribution in [3.8, 4) is 0 Å². The number of hydrogen-bond acceptors (Lipinski definition) is 2. The standard InChI is InChI=1S/C20H29BrN3P/c1-4-7-15-20(16(8-5-2)25(15)17(20)9-6-3)11-18-23-14-10-13(21)12-22-19(14)24-18/h10,12,15-17H,4-9,11H2,1-3H3,(H,22,23,24). The van der Waals surface area contributed by atoms with Crippen LogP contribution in [0.2, 0.25) is 0 Å². The number of aromatic nitrogens is 3. The summed E-state index contributed by atoms with van der Waals surface area (Å²) in [5.41, 5.74) is 5.45. The average Bonchev–Trinajstić information content (AvgIpc) is 3.00. The van der Waals surface area contributed by atoms with Gasteiger partial charge in [-0.1, -0.05) is 48.0 Å². The van der Waals surface area contributed by atoms with Crippen molar-refractivity contribution in [3.05, 3.63) is 22.6 Å². The molecule has 25 heavy (non-hydrogen) atoms. The minimum Gasteiger partial charge on any atom is -0.341 e. The second kappa shape index (κ2) is 6.93. The van der Waals surface area contributed by atoms with Gasteiger partial charge in [-0.05, 0) is 63.7 Å². The molecule has 3 unspecified atom stereocenters. The van der Waals surface area contributed by atoms with Crippen LogP contribution in [-0.2, 0) is 6.42 Å². The van der Waals surface area contributed by atoms with Gasteiger partial charge in [-0.25, -0.2) is 9.97 Å². The van der Waals surface area contributed by atoms with Crippen LogP contribution >= 0.6 is 23.9 Å². The third-order valence-electron chi connectivity index (χ3n) is 6.45.